The number of hydrogen-bond acceptors (Lipinski definition) is 3. The minimum absolute atomic E-state index is 0.327. The summed E-state index contributed by atoms with van der Waals surface area (Å²) >= 11 is 0. The van der Waals surface area contributed by atoms with E-state index in [4.69, 9.17) is 5.73 Å². The molecule has 0 amide bonds. The van der Waals surface area contributed by atoms with Crippen LogP contribution in [0.3, 0.4) is 0 Å². The Labute approximate surface area is 130 Å². The molecule has 1 atom stereocenters. The third kappa shape index (κ3) is 4.06. The highest BCUT2D eigenvalue weighted by atomic mass is 15.2. The van der Waals surface area contributed by atoms with Crippen molar-refractivity contribution < 1.29 is 0 Å². The van der Waals surface area contributed by atoms with E-state index >= 15 is 0 Å². The summed E-state index contributed by atoms with van der Waals surface area (Å²) in [6.45, 7) is 12.1. The van der Waals surface area contributed by atoms with Gasteiger partial charge in [0.25, 0.3) is 0 Å². The van der Waals surface area contributed by atoms with Gasteiger partial charge in [-0.3, -0.25) is 4.90 Å². The number of likely N-dealkylation sites (tertiary alicyclic amines) is 1. The average Bonchev–Trinajstić information content (AvgIpc) is 2.93. The number of hydrogen-bond donors (Lipinski definition) is 1. The van der Waals surface area contributed by atoms with E-state index < -0.39 is 0 Å². The molecule has 1 fully saturated rings. The Kier molecular flexibility index (Phi) is 5.80. The Balaban J connectivity index is 2.07. The number of likely N-dealkylation sites (N-methyl/N-ethyl adjacent to an activating group) is 1. The minimum Gasteiger partial charge on any atom is -0.329 e. The maximum Gasteiger partial charge on any atom is 0.0473 e. The summed E-state index contributed by atoms with van der Waals surface area (Å²) < 4.78 is 0. The van der Waals surface area contributed by atoms with Crippen molar-refractivity contribution in [1.82, 2.24) is 9.80 Å². The molecule has 1 unspecified atom stereocenters. The zero-order valence-corrected chi connectivity index (χ0v) is 14.2. The van der Waals surface area contributed by atoms with Crippen LogP contribution in [0.5, 0.6) is 0 Å². The minimum atomic E-state index is 0.327. The summed E-state index contributed by atoms with van der Waals surface area (Å²) in [4.78, 5) is 5.00. The normalized spacial score (nSPS) is 17.6. The van der Waals surface area contributed by atoms with Gasteiger partial charge in [-0.25, -0.2) is 0 Å². The molecule has 0 saturated carbocycles. The lowest BCUT2D eigenvalue weighted by Gasteiger charge is -2.31. The summed E-state index contributed by atoms with van der Waals surface area (Å²) in [5.41, 5.74) is 11.6. The van der Waals surface area contributed by atoms with Crippen LogP contribution >= 0.6 is 0 Å². The number of nitrogens with two attached hydrogens (primary N) is 1. The van der Waals surface area contributed by atoms with Gasteiger partial charge in [0, 0.05) is 25.7 Å². The van der Waals surface area contributed by atoms with Gasteiger partial charge in [0.05, 0.1) is 0 Å². The molecule has 1 aliphatic rings. The van der Waals surface area contributed by atoms with Gasteiger partial charge >= 0.3 is 0 Å². The molecule has 1 aromatic rings. The lowest BCUT2D eigenvalue weighted by atomic mass is 9.93. The Morgan fingerprint density at radius 3 is 2.24 bits per heavy atom. The zero-order valence-electron chi connectivity index (χ0n) is 14.2. The summed E-state index contributed by atoms with van der Waals surface area (Å²) in [5.74, 6) is 0. The van der Waals surface area contributed by atoms with Gasteiger partial charge in [-0.15, -0.1) is 0 Å². The zero-order chi connectivity index (χ0) is 15.4. The van der Waals surface area contributed by atoms with Crippen molar-refractivity contribution in [2.75, 3.05) is 39.8 Å². The van der Waals surface area contributed by atoms with E-state index in [9.17, 15) is 0 Å². The summed E-state index contributed by atoms with van der Waals surface area (Å²) in [7, 11) is 2.21. The lowest BCUT2D eigenvalue weighted by molar-refractivity contribution is 0.208. The smallest absolute Gasteiger partial charge is 0.0473 e. The fraction of sp³-hybridized carbons (Fsp3) is 0.667. The van der Waals surface area contributed by atoms with Gasteiger partial charge in [0.1, 0.15) is 0 Å². The van der Waals surface area contributed by atoms with Gasteiger partial charge in [-0.2, -0.15) is 0 Å². The molecular weight excluding hydrogens is 258 g/mol. The quantitative estimate of drug-likeness (QED) is 0.874. The van der Waals surface area contributed by atoms with Crippen molar-refractivity contribution in [2.45, 2.75) is 39.7 Å². The maximum absolute atomic E-state index is 6.11. The van der Waals surface area contributed by atoms with Gasteiger partial charge in [0.15, 0.2) is 0 Å². The van der Waals surface area contributed by atoms with E-state index in [1.807, 2.05) is 0 Å². The lowest BCUT2D eigenvalue weighted by Crippen LogP contribution is -2.37. The second-order valence-corrected chi connectivity index (χ2v) is 6.59. The van der Waals surface area contributed by atoms with E-state index in [-0.39, 0.29) is 0 Å². The summed E-state index contributed by atoms with van der Waals surface area (Å²) in [6.07, 6.45) is 2.72. The third-order valence-electron chi connectivity index (χ3n) is 4.79. The van der Waals surface area contributed by atoms with Crippen LogP contribution in [0.1, 0.15) is 41.1 Å². The van der Waals surface area contributed by atoms with Crippen molar-refractivity contribution in [3.05, 3.63) is 34.4 Å². The monoisotopic (exact) mass is 289 g/mol. The Bertz CT molecular complexity index is 441. The number of benzene rings is 1. The first-order valence-electron chi connectivity index (χ1n) is 8.23. The highest BCUT2D eigenvalue weighted by molar-refractivity contribution is 5.39. The Morgan fingerprint density at radius 2 is 1.71 bits per heavy atom. The SMILES string of the molecule is Cc1cc(C)c(C(CN)N(C)CCN2CCCC2)c(C)c1. The molecule has 3 heteroatoms. The van der Waals surface area contributed by atoms with E-state index in [1.165, 1.54) is 48.2 Å². The van der Waals surface area contributed by atoms with Crippen LogP contribution in [0.25, 0.3) is 0 Å². The van der Waals surface area contributed by atoms with E-state index in [0.29, 0.717) is 12.6 Å². The molecule has 2 rings (SSSR count). The van der Waals surface area contributed by atoms with Crippen molar-refractivity contribution in [3.63, 3.8) is 0 Å². The number of rotatable bonds is 6. The van der Waals surface area contributed by atoms with E-state index in [0.717, 1.165) is 13.1 Å². The number of aryl methyl sites for hydroxylation is 3. The van der Waals surface area contributed by atoms with Crippen LogP contribution in [0.4, 0.5) is 0 Å². The molecule has 1 heterocycles. The topological polar surface area (TPSA) is 32.5 Å². The molecule has 0 aromatic heterocycles. The summed E-state index contributed by atoms with van der Waals surface area (Å²) in [6, 6.07) is 4.88. The molecule has 0 spiro atoms. The van der Waals surface area contributed by atoms with Crippen LogP contribution in [-0.4, -0.2) is 49.6 Å². The largest absolute Gasteiger partial charge is 0.329 e. The predicted octanol–water partition coefficient (Wildman–Crippen LogP) is 2.64. The molecule has 3 nitrogen and oxygen atoms in total. The van der Waals surface area contributed by atoms with Gasteiger partial charge in [-0.1, -0.05) is 17.7 Å². The second-order valence-electron chi connectivity index (χ2n) is 6.59. The van der Waals surface area contributed by atoms with Crippen molar-refractivity contribution >= 4 is 0 Å². The highest BCUT2D eigenvalue weighted by Gasteiger charge is 2.21. The van der Waals surface area contributed by atoms with Gasteiger partial charge in [0.2, 0.25) is 0 Å². The van der Waals surface area contributed by atoms with Crippen LogP contribution in [0, 0.1) is 20.8 Å². The molecule has 0 bridgehead atoms. The Morgan fingerprint density at radius 1 is 1.14 bits per heavy atom. The molecule has 0 radical (unpaired) electrons. The standard InChI is InChI=1S/C18H31N3/c1-14-11-15(2)18(16(3)12-14)17(13-19)20(4)9-10-21-7-5-6-8-21/h11-12,17H,5-10,13,19H2,1-4H3. The molecule has 0 aliphatic carbocycles. The van der Waals surface area contributed by atoms with Gasteiger partial charge < -0.3 is 10.6 Å². The van der Waals surface area contributed by atoms with Crippen LogP contribution in [0.15, 0.2) is 12.1 Å². The molecule has 1 saturated heterocycles. The van der Waals surface area contributed by atoms with Crippen LogP contribution < -0.4 is 5.73 Å². The molecule has 1 aliphatic heterocycles. The first-order valence-corrected chi connectivity index (χ1v) is 8.23. The predicted molar refractivity (Wildman–Crippen MR) is 90.8 cm³/mol. The second kappa shape index (κ2) is 7.39. The van der Waals surface area contributed by atoms with Crippen LogP contribution in [-0.2, 0) is 0 Å². The fourth-order valence-electron chi connectivity index (χ4n) is 3.70. The van der Waals surface area contributed by atoms with Crippen molar-refractivity contribution in [3.8, 4) is 0 Å². The summed E-state index contributed by atoms with van der Waals surface area (Å²) in [5, 5.41) is 0. The number of nitrogens with zero attached hydrogens (tertiary/aromatic N) is 2. The molecule has 21 heavy (non-hydrogen) atoms. The van der Waals surface area contributed by atoms with E-state index in [1.54, 1.807) is 0 Å². The van der Waals surface area contributed by atoms with Crippen molar-refractivity contribution in [2.24, 2.45) is 5.73 Å². The first-order chi connectivity index (χ1) is 10.0. The maximum atomic E-state index is 6.11. The molecule has 118 valence electrons. The Hall–Kier alpha value is -0.900. The fourth-order valence-corrected chi connectivity index (χ4v) is 3.70. The van der Waals surface area contributed by atoms with E-state index in [2.05, 4.69) is 49.8 Å². The van der Waals surface area contributed by atoms with Gasteiger partial charge in [-0.05, 0) is 70.4 Å². The van der Waals surface area contributed by atoms with Crippen LogP contribution in [0.2, 0.25) is 0 Å². The third-order valence-corrected chi connectivity index (χ3v) is 4.79. The molecule has 2 N–H and O–H groups in total. The first kappa shape index (κ1) is 16.5. The highest BCUT2D eigenvalue weighted by Crippen LogP contribution is 2.26. The molecule has 1 aromatic carbocycles. The molecular formula is C18H31N3. The average molecular weight is 289 g/mol. The van der Waals surface area contributed by atoms with Crippen molar-refractivity contribution in [1.29, 1.82) is 0 Å².